The van der Waals surface area contributed by atoms with Crippen LogP contribution in [0.15, 0.2) is 23.1 Å². The van der Waals surface area contributed by atoms with Crippen molar-refractivity contribution in [1.82, 2.24) is 4.31 Å². The van der Waals surface area contributed by atoms with Crippen LogP contribution in [0.25, 0.3) is 0 Å². The fraction of sp³-hybridized carbons (Fsp3) is 0.600. The smallest absolute Gasteiger partial charge is 0.246 e. The molecule has 124 valence electrons. The summed E-state index contributed by atoms with van der Waals surface area (Å²) in [6, 6.07) is 4.31. The number of hydrogen-bond acceptors (Lipinski definition) is 4. The third-order valence-corrected chi connectivity index (χ3v) is 5.94. The molecule has 2 rings (SSSR count). The first-order valence-corrected chi connectivity index (χ1v) is 8.97. The molecule has 5 nitrogen and oxygen atoms in total. The molecule has 1 aliphatic heterocycles. The van der Waals surface area contributed by atoms with Crippen molar-refractivity contribution in [3.63, 3.8) is 0 Å². The molecule has 0 saturated carbocycles. The number of rotatable bonds is 6. The van der Waals surface area contributed by atoms with Gasteiger partial charge in [-0.1, -0.05) is 12.1 Å². The summed E-state index contributed by atoms with van der Waals surface area (Å²) >= 11 is 0. The average molecular weight is 330 g/mol. The first-order valence-electron chi connectivity index (χ1n) is 7.53. The van der Waals surface area contributed by atoms with Gasteiger partial charge in [-0.05, 0) is 44.4 Å². The van der Waals surface area contributed by atoms with E-state index < -0.39 is 15.8 Å². The van der Waals surface area contributed by atoms with Crippen LogP contribution in [0.1, 0.15) is 24.8 Å². The Bertz CT molecular complexity index is 579. The van der Waals surface area contributed by atoms with Crippen LogP contribution in [0.4, 0.5) is 4.39 Å². The van der Waals surface area contributed by atoms with E-state index >= 15 is 0 Å². The third-order valence-electron chi connectivity index (χ3n) is 3.86. The molecule has 7 heteroatoms. The molecular formula is C15H23FN2O3S. The molecule has 1 aliphatic rings. The predicted octanol–water partition coefficient (Wildman–Crippen LogP) is 1.65. The van der Waals surface area contributed by atoms with Crippen molar-refractivity contribution in [2.24, 2.45) is 5.73 Å². The van der Waals surface area contributed by atoms with Crippen LogP contribution in [0.5, 0.6) is 0 Å². The highest BCUT2D eigenvalue weighted by Gasteiger charge is 2.32. The second-order valence-electron chi connectivity index (χ2n) is 5.50. The van der Waals surface area contributed by atoms with Gasteiger partial charge < -0.3 is 10.5 Å². The van der Waals surface area contributed by atoms with Gasteiger partial charge in [-0.25, -0.2) is 12.8 Å². The van der Waals surface area contributed by atoms with Gasteiger partial charge in [0.25, 0.3) is 0 Å². The molecule has 0 aliphatic carbocycles. The minimum atomic E-state index is -3.79. The van der Waals surface area contributed by atoms with E-state index in [1.807, 2.05) is 0 Å². The second kappa shape index (κ2) is 7.50. The molecule has 1 fully saturated rings. The van der Waals surface area contributed by atoms with Gasteiger partial charge in [0.2, 0.25) is 10.0 Å². The minimum Gasteiger partial charge on any atom is -0.378 e. The standard InChI is InChI=1S/C15H23FN2O3S/c1-12-4-2-5-14(16)15(12)22(19,20)18-9-6-13(7-10-18)21-11-3-8-17/h2,4-5,13H,3,6-11,17H2,1H3. The molecule has 1 aromatic rings. The fourth-order valence-electron chi connectivity index (χ4n) is 2.64. The first kappa shape index (κ1) is 17.3. The number of halogens is 1. The number of nitrogens with two attached hydrogens (primary N) is 1. The summed E-state index contributed by atoms with van der Waals surface area (Å²) in [5.74, 6) is -0.693. The molecule has 0 unspecified atom stereocenters. The molecule has 1 heterocycles. The van der Waals surface area contributed by atoms with Gasteiger partial charge in [0.05, 0.1) is 6.10 Å². The van der Waals surface area contributed by atoms with Crippen molar-refractivity contribution in [3.8, 4) is 0 Å². The number of hydrogen-bond donors (Lipinski definition) is 1. The summed E-state index contributed by atoms with van der Waals surface area (Å²) in [5.41, 5.74) is 5.84. The van der Waals surface area contributed by atoms with Gasteiger partial charge >= 0.3 is 0 Å². The Hall–Kier alpha value is -1.02. The number of benzene rings is 1. The Morgan fingerprint density at radius 2 is 2.05 bits per heavy atom. The van der Waals surface area contributed by atoms with Crippen molar-refractivity contribution in [3.05, 3.63) is 29.6 Å². The van der Waals surface area contributed by atoms with E-state index in [1.54, 1.807) is 13.0 Å². The zero-order valence-corrected chi connectivity index (χ0v) is 13.6. The molecule has 0 atom stereocenters. The lowest BCUT2D eigenvalue weighted by Crippen LogP contribution is -2.41. The van der Waals surface area contributed by atoms with Crippen LogP contribution >= 0.6 is 0 Å². The molecule has 0 spiro atoms. The van der Waals surface area contributed by atoms with Gasteiger partial charge in [0.1, 0.15) is 10.7 Å². The Morgan fingerprint density at radius 3 is 2.64 bits per heavy atom. The second-order valence-corrected chi connectivity index (χ2v) is 7.38. The summed E-state index contributed by atoms with van der Waals surface area (Å²) in [5, 5.41) is 0. The zero-order valence-electron chi connectivity index (χ0n) is 12.8. The number of nitrogens with zero attached hydrogens (tertiary/aromatic N) is 1. The molecule has 22 heavy (non-hydrogen) atoms. The Labute approximate surface area is 131 Å². The summed E-state index contributed by atoms with van der Waals surface area (Å²) in [6.45, 7) is 3.49. The van der Waals surface area contributed by atoms with Crippen molar-refractivity contribution in [2.45, 2.75) is 37.2 Å². The molecule has 2 N–H and O–H groups in total. The summed E-state index contributed by atoms with van der Waals surface area (Å²) in [4.78, 5) is -0.211. The molecule has 0 aromatic heterocycles. The lowest BCUT2D eigenvalue weighted by Gasteiger charge is -2.31. The lowest BCUT2D eigenvalue weighted by atomic mass is 10.1. The highest BCUT2D eigenvalue weighted by atomic mass is 32.2. The van der Waals surface area contributed by atoms with Gasteiger partial charge in [-0.15, -0.1) is 0 Å². The quantitative estimate of drug-likeness (QED) is 0.805. The maximum Gasteiger partial charge on any atom is 0.246 e. The van der Waals surface area contributed by atoms with Crippen LogP contribution in [-0.2, 0) is 14.8 Å². The van der Waals surface area contributed by atoms with Crippen LogP contribution in [0.2, 0.25) is 0 Å². The van der Waals surface area contributed by atoms with E-state index in [2.05, 4.69) is 0 Å². The normalized spacial score (nSPS) is 17.8. The molecule has 1 aromatic carbocycles. The van der Waals surface area contributed by atoms with Crippen LogP contribution in [-0.4, -0.2) is 45.1 Å². The van der Waals surface area contributed by atoms with Crippen LogP contribution < -0.4 is 5.73 Å². The molecule has 1 saturated heterocycles. The summed E-state index contributed by atoms with van der Waals surface area (Å²) in [7, 11) is -3.79. The van der Waals surface area contributed by atoms with E-state index in [-0.39, 0.29) is 11.0 Å². The monoisotopic (exact) mass is 330 g/mol. The number of sulfonamides is 1. The topological polar surface area (TPSA) is 72.6 Å². The van der Waals surface area contributed by atoms with Crippen molar-refractivity contribution >= 4 is 10.0 Å². The largest absolute Gasteiger partial charge is 0.378 e. The minimum absolute atomic E-state index is 0.0553. The maximum atomic E-state index is 13.9. The van der Waals surface area contributed by atoms with Gasteiger partial charge in [-0.3, -0.25) is 0 Å². The highest BCUT2D eigenvalue weighted by Crippen LogP contribution is 2.26. The van der Waals surface area contributed by atoms with E-state index in [0.717, 1.165) is 6.42 Å². The first-order chi connectivity index (χ1) is 10.5. The molecular weight excluding hydrogens is 307 g/mol. The number of ether oxygens (including phenoxy) is 1. The van der Waals surface area contributed by atoms with Crippen molar-refractivity contribution < 1.29 is 17.5 Å². The molecule has 0 bridgehead atoms. The van der Waals surface area contributed by atoms with E-state index in [4.69, 9.17) is 10.5 Å². The summed E-state index contributed by atoms with van der Waals surface area (Å²) < 4.78 is 46.2. The van der Waals surface area contributed by atoms with Crippen LogP contribution in [0, 0.1) is 12.7 Å². The van der Waals surface area contributed by atoms with E-state index in [0.29, 0.717) is 44.6 Å². The zero-order chi connectivity index (χ0) is 16.2. The Morgan fingerprint density at radius 1 is 1.36 bits per heavy atom. The van der Waals surface area contributed by atoms with Gasteiger partial charge in [-0.2, -0.15) is 4.31 Å². The van der Waals surface area contributed by atoms with E-state index in [1.165, 1.54) is 16.4 Å². The predicted molar refractivity (Wildman–Crippen MR) is 82.5 cm³/mol. The SMILES string of the molecule is Cc1cccc(F)c1S(=O)(=O)N1CCC(OCCCN)CC1. The summed E-state index contributed by atoms with van der Waals surface area (Å²) in [6.07, 6.45) is 2.10. The lowest BCUT2D eigenvalue weighted by molar-refractivity contribution is 0.0208. The van der Waals surface area contributed by atoms with Crippen LogP contribution in [0.3, 0.4) is 0 Å². The molecule has 0 amide bonds. The Balaban J connectivity index is 2.04. The number of aryl methyl sites for hydroxylation is 1. The van der Waals surface area contributed by atoms with E-state index in [9.17, 15) is 12.8 Å². The molecule has 0 radical (unpaired) electrons. The fourth-order valence-corrected chi connectivity index (χ4v) is 4.38. The van der Waals surface area contributed by atoms with Crippen molar-refractivity contribution in [2.75, 3.05) is 26.2 Å². The van der Waals surface area contributed by atoms with Gasteiger partial charge in [0, 0.05) is 19.7 Å². The Kier molecular flexibility index (Phi) is 5.91. The van der Waals surface area contributed by atoms with Crippen molar-refractivity contribution in [1.29, 1.82) is 0 Å². The maximum absolute atomic E-state index is 13.9. The third kappa shape index (κ3) is 3.84. The highest BCUT2D eigenvalue weighted by molar-refractivity contribution is 7.89. The average Bonchev–Trinajstić information content (AvgIpc) is 2.47. The number of piperidine rings is 1. The van der Waals surface area contributed by atoms with Gasteiger partial charge in [0.15, 0.2) is 0 Å².